The van der Waals surface area contributed by atoms with E-state index in [-0.39, 0.29) is 18.1 Å². The average Bonchev–Trinajstić information content (AvgIpc) is 3.40. The van der Waals surface area contributed by atoms with Crippen molar-refractivity contribution in [1.29, 1.82) is 0 Å². The van der Waals surface area contributed by atoms with E-state index in [4.69, 9.17) is 4.74 Å². The molecular weight excluding hydrogens is 374 g/mol. The molecule has 1 aliphatic heterocycles. The number of benzene rings is 1. The number of hydrogen-bond acceptors (Lipinski definition) is 6. The Bertz CT molecular complexity index is 922. The molecule has 146 valence electrons. The molecule has 28 heavy (non-hydrogen) atoms. The largest absolute Gasteiger partial charge is 0.368 e. The fraction of sp³-hybridized carbons (Fsp3) is 0.350. The summed E-state index contributed by atoms with van der Waals surface area (Å²) >= 11 is 1.61. The molecule has 1 fully saturated rings. The first-order valence-corrected chi connectivity index (χ1v) is 10.2. The Morgan fingerprint density at radius 2 is 2.21 bits per heavy atom. The van der Waals surface area contributed by atoms with Gasteiger partial charge in [-0.25, -0.2) is 9.97 Å². The highest BCUT2D eigenvalue weighted by Crippen LogP contribution is 2.26. The van der Waals surface area contributed by atoms with Crippen molar-refractivity contribution >= 4 is 22.9 Å². The number of carbonyl (C=O) groups excluding carboxylic acids is 1. The summed E-state index contributed by atoms with van der Waals surface area (Å²) in [5.74, 6) is -0.0229. The standard InChI is InChI=1S/C20H23N5O2S/c1-13-11-28-20(23-13)18-10-25(7-8-27-18)14(2)19(26)24-16-5-3-15(4-6-16)17-9-21-12-22-17/h3-6,9,11-12,14,18H,7-8,10H2,1-2H3,(H,21,22)(H,24,26)/t14-,18+/m0/s1. The topological polar surface area (TPSA) is 83.1 Å². The van der Waals surface area contributed by atoms with E-state index in [1.54, 1.807) is 23.9 Å². The van der Waals surface area contributed by atoms with Gasteiger partial charge in [-0.2, -0.15) is 0 Å². The lowest BCUT2D eigenvalue weighted by atomic mass is 10.1. The van der Waals surface area contributed by atoms with Gasteiger partial charge in [0.15, 0.2) is 0 Å². The van der Waals surface area contributed by atoms with Gasteiger partial charge in [0.05, 0.1) is 30.9 Å². The first kappa shape index (κ1) is 18.8. The minimum absolute atomic E-state index is 0.0229. The molecule has 1 aliphatic rings. The number of imidazole rings is 1. The lowest BCUT2D eigenvalue weighted by Gasteiger charge is -2.35. The number of nitrogens with zero attached hydrogens (tertiary/aromatic N) is 3. The number of amides is 1. The quantitative estimate of drug-likeness (QED) is 0.691. The van der Waals surface area contributed by atoms with Crippen molar-refractivity contribution in [3.05, 3.63) is 52.9 Å². The Morgan fingerprint density at radius 3 is 2.89 bits per heavy atom. The number of aromatic amines is 1. The molecule has 0 aliphatic carbocycles. The minimum atomic E-state index is -0.250. The van der Waals surface area contributed by atoms with Crippen molar-refractivity contribution in [2.24, 2.45) is 0 Å². The number of thiazole rings is 1. The van der Waals surface area contributed by atoms with E-state index in [9.17, 15) is 4.79 Å². The van der Waals surface area contributed by atoms with Crippen LogP contribution < -0.4 is 5.32 Å². The lowest BCUT2D eigenvalue weighted by molar-refractivity contribution is -0.124. The number of aromatic nitrogens is 3. The number of anilines is 1. The van der Waals surface area contributed by atoms with Crippen LogP contribution in [0, 0.1) is 6.92 Å². The SMILES string of the molecule is Cc1csc([C@H]2CN([C@@H](C)C(=O)Nc3ccc(-c4cnc[nH]4)cc3)CCO2)n1. The van der Waals surface area contributed by atoms with E-state index in [0.29, 0.717) is 13.2 Å². The van der Waals surface area contributed by atoms with Crippen LogP contribution in [0.15, 0.2) is 42.2 Å². The summed E-state index contributed by atoms with van der Waals surface area (Å²) in [6.07, 6.45) is 3.35. The van der Waals surface area contributed by atoms with Crippen LogP contribution in [0.4, 0.5) is 5.69 Å². The molecule has 1 saturated heterocycles. The first-order chi connectivity index (χ1) is 13.6. The highest BCUT2D eigenvalue weighted by Gasteiger charge is 2.30. The van der Waals surface area contributed by atoms with Gasteiger partial charge in [0.1, 0.15) is 11.1 Å². The zero-order valence-corrected chi connectivity index (χ0v) is 16.7. The van der Waals surface area contributed by atoms with Gasteiger partial charge in [-0.3, -0.25) is 9.69 Å². The van der Waals surface area contributed by atoms with Gasteiger partial charge in [-0.1, -0.05) is 12.1 Å². The van der Waals surface area contributed by atoms with Gasteiger partial charge >= 0.3 is 0 Å². The van der Waals surface area contributed by atoms with Gasteiger partial charge in [-0.15, -0.1) is 11.3 Å². The highest BCUT2D eigenvalue weighted by molar-refractivity contribution is 7.09. The molecule has 1 aromatic carbocycles. The van der Waals surface area contributed by atoms with Crippen LogP contribution in [0.5, 0.6) is 0 Å². The van der Waals surface area contributed by atoms with Crippen molar-refractivity contribution in [2.75, 3.05) is 25.0 Å². The van der Waals surface area contributed by atoms with Gasteiger partial charge in [0.2, 0.25) is 5.91 Å². The van der Waals surface area contributed by atoms with Crippen LogP contribution >= 0.6 is 11.3 Å². The molecule has 0 unspecified atom stereocenters. The van der Waals surface area contributed by atoms with E-state index in [1.807, 2.05) is 43.5 Å². The number of nitrogens with one attached hydrogen (secondary N) is 2. The number of carbonyl (C=O) groups is 1. The molecule has 3 aromatic rings. The third kappa shape index (κ3) is 4.14. The van der Waals surface area contributed by atoms with Crippen LogP contribution in [0.2, 0.25) is 0 Å². The summed E-state index contributed by atoms with van der Waals surface area (Å²) in [6.45, 7) is 5.91. The van der Waals surface area contributed by atoms with E-state index in [1.165, 1.54) is 0 Å². The molecular formula is C20H23N5O2S. The minimum Gasteiger partial charge on any atom is -0.368 e. The third-order valence-electron chi connectivity index (χ3n) is 4.90. The third-order valence-corrected chi connectivity index (χ3v) is 5.95. The van der Waals surface area contributed by atoms with Crippen molar-refractivity contribution in [3.8, 4) is 11.3 Å². The van der Waals surface area contributed by atoms with Gasteiger partial charge in [-0.05, 0) is 31.5 Å². The molecule has 8 heteroatoms. The van der Waals surface area contributed by atoms with E-state index < -0.39 is 0 Å². The van der Waals surface area contributed by atoms with Gasteiger partial charge < -0.3 is 15.0 Å². The Balaban J connectivity index is 1.37. The molecule has 7 nitrogen and oxygen atoms in total. The van der Waals surface area contributed by atoms with Crippen LogP contribution in [0.3, 0.4) is 0 Å². The Morgan fingerprint density at radius 1 is 1.39 bits per heavy atom. The number of rotatable bonds is 5. The van der Waals surface area contributed by atoms with Crippen LogP contribution in [-0.4, -0.2) is 51.5 Å². The Labute approximate surface area is 167 Å². The molecule has 0 radical (unpaired) electrons. The zero-order valence-electron chi connectivity index (χ0n) is 15.9. The van der Waals surface area contributed by atoms with E-state index in [0.717, 1.165) is 34.2 Å². The van der Waals surface area contributed by atoms with Crippen LogP contribution in [-0.2, 0) is 9.53 Å². The fourth-order valence-electron chi connectivity index (χ4n) is 3.25. The summed E-state index contributed by atoms with van der Waals surface area (Å²) in [4.78, 5) is 26.5. The number of morpholine rings is 1. The molecule has 2 aromatic heterocycles. The summed E-state index contributed by atoms with van der Waals surface area (Å²) in [7, 11) is 0. The second kappa shape index (κ2) is 8.22. The summed E-state index contributed by atoms with van der Waals surface area (Å²) in [5, 5.41) is 6.01. The molecule has 0 bridgehead atoms. The molecule has 2 atom stereocenters. The second-order valence-electron chi connectivity index (χ2n) is 6.89. The Hall–Kier alpha value is -2.55. The normalized spacial score (nSPS) is 18.7. The molecule has 0 spiro atoms. The second-order valence-corrected chi connectivity index (χ2v) is 7.78. The summed E-state index contributed by atoms with van der Waals surface area (Å²) in [6, 6.07) is 7.48. The monoisotopic (exact) mass is 397 g/mol. The molecule has 2 N–H and O–H groups in total. The maximum atomic E-state index is 12.7. The van der Waals surface area contributed by atoms with Crippen LogP contribution in [0.25, 0.3) is 11.3 Å². The average molecular weight is 398 g/mol. The van der Waals surface area contributed by atoms with Crippen molar-refractivity contribution in [3.63, 3.8) is 0 Å². The van der Waals surface area contributed by atoms with E-state index >= 15 is 0 Å². The lowest BCUT2D eigenvalue weighted by Crippen LogP contribution is -2.48. The predicted molar refractivity (Wildman–Crippen MR) is 109 cm³/mol. The number of hydrogen-bond donors (Lipinski definition) is 2. The molecule has 4 rings (SSSR count). The maximum Gasteiger partial charge on any atom is 0.241 e. The molecule has 0 saturated carbocycles. The van der Waals surface area contributed by atoms with Crippen molar-refractivity contribution in [1.82, 2.24) is 19.9 Å². The van der Waals surface area contributed by atoms with Gasteiger partial charge in [0.25, 0.3) is 0 Å². The predicted octanol–water partition coefficient (Wildman–Crippen LogP) is 3.24. The van der Waals surface area contributed by atoms with Crippen LogP contribution in [0.1, 0.15) is 23.7 Å². The summed E-state index contributed by atoms with van der Waals surface area (Å²) < 4.78 is 5.87. The maximum absolute atomic E-state index is 12.7. The van der Waals surface area contributed by atoms with E-state index in [2.05, 4.69) is 25.2 Å². The molecule has 3 heterocycles. The number of aryl methyl sites for hydroxylation is 1. The number of H-pyrrole nitrogens is 1. The van der Waals surface area contributed by atoms with Gasteiger partial charge in [0, 0.05) is 29.9 Å². The summed E-state index contributed by atoms with van der Waals surface area (Å²) in [5.41, 5.74) is 3.76. The molecule has 1 amide bonds. The Kier molecular flexibility index (Phi) is 5.52. The fourth-order valence-corrected chi connectivity index (χ4v) is 4.08. The van der Waals surface area contributed by atoms with Crippen molar-refractivity contribution < 1.29 is 9.53 Å². The number of ether oxygens (including phenoxy) is 1. The zero-order chi connectivity index (χ0) is 19.5. The smallest absolute Gasteiger partial charge is 0.241 e. The first-order valence-electron chi connectivity index (χ1n) is 9.27. The highest BCUT2D eigenvalue weighted by atomic mass is 32.1. The van der Waals surface area contributed by atoms with Crippen molar-refractivity contribution in [2.45, 2.75) is 26.0 Å².